The SMILES string of the molecule is COc1cc(NC(=O)C2CC[CH-]CC2)ccc1C.[CH2-]c1c(Br)cc(NC(CC)CCC)cc1[C-]=O.[K+]. The molecule has 1 saturated carbocycles. The van der Waals surface area contributed by atoms with Gasteiger partial charge < -0.3 is 26.6 Å². The third kappa shape index (κ3) is 10.5. The van der Waals surface area contributed by atoms with Crippen molar-refractivity contribution in [3.05, 3.63) is 64.8 Å². The molecule has 0 saturated heterocycles. The van der Waals surface area contributed by atoms with Gasteiger partial charge in [-0.25, -0.2) is 0 Å². The summed E-state index contributed by atoms with van der Waals surface area (Å²) in [5, 5.41) is 6.42. The van der Waals surface area contributed by atoms with E-state index in [2.05, 4.69) is 53.8 Å². The van der Waals surface area contributed by atoms with Crippen molar-refractivity contribution in [1.29, 1.82) is 0 Å². The van der Waals surface area contributed by atoms with Crippen LogP contribution < -0.4 is 66.8 Å². The van der Waals surface area contributed by atoms with E-state index in [1.807, 2.05) is 37.5 Å². The zero-order chi connectivity index (χ0) is 25.8. The minimum absolute atomic E-state index is 0. The number of halogens is 1. The van der Waals surface area contributed by atoms with E-state index in [0.717, 1.165) is 72.1 Å². The minimum Gasteiger partial charge on any atom is -0.496 e. The fraction of sp³-hybridized carbons (Fsp3) is 0.448. The molecule has 2 aromatic carbocycles. The van der Waals surface area contributed by atoms with Crippen molar-refractivity contribution in [2.45, 2.75) is 71.8 Å². The summed E-state index contributed by atoms with van der Waals surface area (Å²) in [5.41, 5.74) is 4.03. The van der Waals surface area contributed by atoms with Gasteiger partial charge in [0.15, 0.2) is 0 Å². The fourth-order valence-electron chi connectivity index (χ4n) is 4.10. The molecule has 1 amide bonds. The van der Waals surface area contributed by atoms with E-state index in [9.17, 15) is 9.59 Å². The van der Waals surface area contributed by atoms with E-state index in [4.69, 9.17) is 4.74 Å². The van der Waals surface area contributed by atoms with E-state index in [1.165, 1.54) is 0 Å². The van der Waals surface area contributed by atoms with Crippen molar-refractivity contribution in [3.8, 4) is 5.75 Å². The van der Waals surface area contributed by atoms with Crippen LogP contribution in [0.5, 0.6) is 5.75 Å². The van der Waals surface area contributed by atoms with Crippen LogP contribution in [0, 0.1) is 26.2 Å². The Kier molecular flexibility index (Phi) is 16.3. The molecule has 1 unspecified atom stereocenters. The first kappa shape index (κ1) is 33.2. The number of ether oxygens (including phenoxy) is 1. The predicted molar refractivity (Wildman–Crippen MR) is 149 cm³/mol. The number of carbonyl (C=O) groups is 1. The smallest absolute Gasteiger partial charge is 0.496 e. The number of hydrogen-bond donors (Lipinski definition) is 2. The van der Waals surface area contributed by atoms with Gasteiger partial charge in [0.1, 0.15) is 5.75 Å². The standard InChI is InChI=1S/C15H20NO2.C14H18BrNO.K/c1-11-8-9-13(10-14(11)18-2)16-15(17)12-6-4-3-5-7-12;1-4-6-12(5-2)16-13-7-11(9-17)10(3)14(15)8-13;/h3,8-10,12H,4-7H2,1-2H3,(H,16,17);7-8,12,16H,3-6H2,1-2H3;/q-1;-2;+1. The fourth-order valence-corrected chi connectivity index (χ4v) is 4.56. The molecule has 0 spiro atoms. The molecule has 0 aliphatic heterocycles. The van der Waals surface area contributed by atoms with Crippen molar-refractivity contribution in [3.63, 3.8) is 0 Å². The zero-order valence-electron chi connectivity index (χ0n) is 22.4. The van der Waals surface area contributed by atoms with E-state index in [-0.39, 0.29) is 63.2 Å². The molecule has 1 aliphatic rings. The molecule has 5 nitrogen and oxygen atoms in total. The zero-order valence-corrected chi connectivity index (χ0v) is 27.1. The van der Waals surface area contributed by atoms with Gasteiger partial charge in [0, 0.05) is 23.7 Å². The van der Waals surface area contributed by atoms with Crippen LogP contribution >= 0.6 is 15.9 Å². The van der Waals surface area contributed by atoms with Crippen LogP contribution in [0.15, 0.2) is 34.8 Å². The molecule has 192 valence electrons. The van der Waals surface area contributed by atoms with E-state index in [1.54, 1.807) is 13.2 Å². The normalized spacial score (nSPS) is 13.9. The molecule has 0 heterocycles. The molecular weight excluding hydrogens is 543 g/mol. The molecule has 2 aromatic rings. The first-order valence-electron chi connectivity index (χ1n) is 12.4. The maximum atomic E-state index is 12.1. The van der Waals surface area contributed by atoms with E-state index < -0.39 is 0 Å². The van der Waals surface area contributed by atoms with Crippen LogP contribution in [0.3, 0.4) is 0 Å². The van der Waals surface area contributed by atoms with Gasteiger partial charge in [-0.05, 0) is 43.4 Å². The number of hydrogen-bond acceptors (Lipinski definition) is 4. The maximum Gasteiger partial charge on any atom is 1.00 e. The van der Waals surface area contributed by atoms with Crippen LogP contribution in [-0.4, -0.2) is 25.3 Å². The number of benzene rings is 2. The second-order valence-electron chi connectivity index (χ2n) is 8.94. The topological polar surface area (TPSA) is 67.4 Å². The molecule has 36 heavy (non-hydrogen) atoms. The van der Waals surface area contributed by atoms with Gasteiger partial charge in [0.05, 0.1) is 7.11 Å². The quantitative estimate of drug-likeness (QED) is 0.340. The Hall–Kier alpha value is -0.834. The summed E-state index contributed by atoms with van der Waals surface area (Å²) in [6.07, 6.45) is 11.6. The van der Waals surface area contributed by atoms with Gasteiger partial charge in [-0.2, -0.15) is 18.9 Å². The largest absolute Gasteiger partial charge is 1.00 e. The van der Waals surface area contributed by atoms with Gasteiger partial charge in [-0.3, -0.25) is 22.8 Å². The summed E-state index contributed by atoms with van der Waals surface area (Å²) < 4.78 is 6.10. The molecule has 0 bridgehead atoms. The summed E-state index contributed by atoms with van der Waals surface area (Å²) >= 11 is 3.41. The monoisotopic (exact) mass is 580 g/mol. The Morgan fingerprint density at radius 1 is 1.22 bits per heavy atom. The summed E-state index contributed by atoms with van der Waals surface area (Å²) in [6, 6.07) is 9.97. The average Bonchev–Trinajstić information content (AvgIpc) is 2.87. The summed E-state index contributed by atoms with van der Waals surface area (Å²) in [4.78, 5) is 22.9. The van der Waals surface area contributed by atoms with Gasteiger partial charge in [0.2, 0.25) is 5.91 Å². The molecule has 1 atom stereocenters. The number of carbonyl (C=O) groups excluding carboxylic acids is 2. The van der Waals surface area contributed by atoms with Crippen LogP contribution in [-0.2, 0) is 9.59 Å². The molecule has 7 heteroatoms. The molecule has 0 radical (unpaired) electrons. The van der Waals surface area contributed by atoms with Crippen molar-refractivity contribution in [1.82, 2.24) is 0 Å². The number of amides is 1. The number of methoxy groups -OCH3 is 1. The third-order valence-corrected chi connectivity index (χ3v) is 7.00. The van der Waals surface area contributed by atoms with Crippen LogP contribution in [0.1, 0.15) is 75.5 Å². The molecule has 1 fully saturated rings. The van der Waals surface area contributed by atoms with Gasteiger partial charge >= 0.3 is 51.4 Å². The average molecular weight is 582 g/mol. The molecule has 1 aliphatic carbocycles. The maximum absolute atomic E-state index is 12.1. The Bertz CT molecular complexity index is 977. The van der Waals surface area contributed by atoms with Gasteiger partial charge in [0.25, 0.3) is 0 Å². The second kappa shape index (κ2) is 17.6. The minimum atomic E-state index is 0. The summed E-state index contributed by atoms with van der Waals surface area (Å²) in [5.74, 6) is 1.10. The van der Waals surface area contributed by atoms with Crippen LogP contribution in [0.2, 0.25) is 0 Å². The van der Waals surface area contributed by atoms with Gasteiger partial charge in [-0.1, -0.05) is 39.2 Å². The van der Waals surface area contributed by atoms with Gasteiger partial charge in [-0.15, -0.1) is 26.5 Å². The van der Waals surface area contributed by atoms with Crippen LogP contribution in [0.4, 0.5) is 11.4 Å². The number of rotatable bonds is 9. The van der Waals surface area contributed by atoms with Crippen molar-refractivity contribution < 1.29 is 65.7 Å². The van der Waals surface area contributed by atoms with E-state index in [0.29, 0.717) is 17.2 Å². The molecule has 2 N–H and O–H groups in total. The predicted octanol–water partition coefficient (Wildman–Crippen LogP) is 4.42. The van der Waals surface area contributed by atoms with E-state index >= 15 is 0 Å². The number of aryl methyl sites for hydroxylation is 1. The van der Waals surface area contributed by atoms with Crippen LogP contribution in [0.25, 0.3) is 0 Å². The Morgan fingerprint density at radius 2 is 1.92 bits per heavy atom. The van der Waals surface area contributed by atoms with Crippen molar-refractivity contribution >= 4 is 39.5 Å². The van der Waals surface area contributed by atoms with Crippen molar-refractivity contribution in [2.24, 2.45) is 5.92 Å². The first-order valence-corrected chi connectivity index (χ1v) is 13.2. The number of nitrogens with one attached hydrogen (secondary N) is 2. The summed E-state index contributed by atoms with van der Waals surface area (Å²) in [6.45, 7) is 10.1. The van der Waals surface area contributed by atoms with Crippen molar-refractivity contribution in [2.75, 3.05) is 17.7 Å². The Balaban J connectivity index is 0.000000351. The first-order chi connectivity index (χ1) is 16.8. The Labute approximate surface area is 268 Å². The molecule has 0 aromatic heterocycles. The molecule has 3 rings (SSSR count). The third-order valence-electron chi connectivity index (χ3n) is 6.29. The molecular formula is C29H38BrKN2O3-2. The summed E-state index contributed by atoms with van der Waals surface area (Å²) in [7, 11) is 1.64. The number of anilines is 2. The second-order valence-corrected chi connectivity index (χ2v) is 9.79. The Morgan fingerprint density at radius 3 is 2.50 bits per heavy atom.